The highest BCUT2D eigenvalue weighted by molar-refractivity contribution is 7.13. The summed E-state index contributed by atoms with van der Waals surface area (Å²) in [6.45, 7) is 6.29. The monoisotopic (exact) mass is 409 g/mol. The standard InChI is InChI=1S/C22H23N3O3S/c1-4-27-21(26)12-18-14-29-22(24-18)25-23-13-17-6-9-19(10-7-17)28-20-8-5-15(2)16(3)11-20/h5-11,13-14H,4,12H2,1-3H3,(H,24,25). The maximum Gasteiger partial charge on any atom is 0.311 e. The van der Waals surface area contributed by atoms with Gasteiger partial charge in [0.2, 0.25) is 5.13 Å². The van der Waals surface area contributed by atoms with E-state index in [1.807, 2.05) is 47.8 Å². The lowest BCUT2D eigenvalue weighted by molar-refractivity contribution is -0.142. The predicted molar refractivity (Wildman–Crippen MR) is 116 cm³/mol. The van der Waals surface area contributed by atoms with Gasteiger partial charge in [-0.25, -0.2) is 4.98 Å². The molecule has 2 aromatic carbocycles. The number of carbonyl (C=O) groups excluding carboxylic acids is 1. The molecule has 0 radical (unpaired) electrons. The molecule has 150 valence electrons. The van der Waals surface area contributed by atoms with Crippen molar-refractivity contribution in [3.63, 3.8) is 0 Å². The second-order valence-electron chi connectivity index (χ2n) is 6.41. The molecular weight excluding hydrogens is 386 g/mol. The number of benzene rings is 2. The van der Waals surface area contributed by atoms with E-state index >= 15 is 0 Å². The number of rotatable bonds is 8. The van der Waals surface area contributed by atoms with Crippen LogP contribution in [0.25, 0.3) is 0 Å². The van der Waals surface area contributed by atoms with Gasteiger partial charge in [0, 0.05) is 5.38 Å². The second kappa shape index (κ2) is 9.84. The van der Waals surface area contributed by atoms with Gasteiger partial charge in [0.25, 0.3) is 0 Å². The van der Waals surface area contributed by atoms with Crippen LogP contribution in [0.4, 0.5) is 5.13 Å². The van der Waals surface area contributed by atoms with Crippen LogP contribution in [0.1, 0.15) is 29.3 Å². The third kappa shape index (κ3) is 6.15. The fourth-order valence-corrected chi connectivity index (χ4v) is 3.16. The minimum atomic E-state index is -0.282. The number of nitrogens with zero attached hydrogens (tertiary/aromatic N) is 2. The van der Waals surface area contributed by atoms with E-state index in [0.717, 1.165) is 17.1 Å². The Balaban J connectivity index is 1.53. The number of thiazole rings is 1. The largest absolute Gasteiger partial charge is 0.466 e. The summed E-state index contributed by atoms with van der Waals surface area (Å²) < 4.78 is 10.8. The summed E-state index contributed by atoms with van der Waals surface area (Å²) in [4.78, 5) is 15.8. The van der Waals surface area contributed by atoms with Crippen molar-refractivity contribution in [2.24, 2.45) is 5.10 Å². The minimum Gasteiger partial charge on any atom is -0.466 e. The molecule has 0 aliphatic carbocycles. The van der Waals surface area contributed by atoms with Crippen LogP contribution in [0.5, 0.6) is 11.5 Å². The van der Waals surface area contributed by atoms with E-state index in [1.54, 1.807) is 13.1 Å². The molecule has 0 aliphatic rings. The van der Waals surface area contributed by atoms with E-state index in [1.165, 1.54) is 22.5 Å². The first kappa shape index (κ1) is 20.5. The van der Waals surface area contributed by atoms with Gasteiger partial charge in [0.05, 0.1) is 24.9 Å². The van der Waals surface area contributed by atoms with Gasteiger partial charge in [0.1, 0.15) is 11.5 Å². The van der Waals surface area contributed by atoms with Crippen molar-refractivity contribution >= 4 is 28.7 Å². The van der Waals surface area contributed by atoms with Gasteiger partial charge in [-0.15, -0.1) is 11.3 Å². The Morgan fingerprint density at radius 2 is 1.90 bits per heavy atom. The van der Waals surface area contributed by atoms with E-state index < -0.39 is 0 Å². The van der Waals surface area contributed by atoms with E-state index in [4.69, 9.17) is 9.47 Å². The molecule has 0 atom stereocenters. The smallest absolute Gasteiger partial charge is 0.311 e. The zero-order chi connectivity index (χ0) is 20.6. The molecule has 0 unspecified atom stereocenters. The topological polar surface area (TPSA) is 72.8 Å². The molecule has 3 aromatic rings. The maximum absolute atomic E-state index is 11.5. The van der Waals surface area contributed by atoms with Crippen LogP contribution in [-0.4, -0.2) is 23.8 Å². The Morgan fingerprint density at radius 3 is 2.62 bits per heavy atom. The van der Waals surface area contributed by atoms with Gasteiger partial charge in [-0.05, 0) is 73.9 Å². The quantitative estimate of drug-likeness (QED) is 0.318. The number of anilines is 1. The zero-order valence-corrected chi connectivity index (χ0v) is 17.5. The second-order valence-corrected chi connectivity index (χ2v) is 7.27. The molecule has 0 aliphatic heterocycles. The Kier molecular flexibility index (Phi) is 6.97. The lowest BCUT2D eigenvalue weighted by atomic mass is 10.1. The van der Waals surface area contributed by atoms with Crippen molar-refractivity contribution in [2.45, 2.75) is 27.2 Å². The van der Waals surface area contributed by atoms with Crippen LogP contribution < -0.4 is 10.2 Å². The third-order valence-electron chi connectivity index (χ3n) is 4.15. The van der Waals surface area contributed by atoms with Crippen molar-refractivity contribution in [2.75, 3.05) is 12.0 Å². The fourth-order valence-electron chi connectivity index (χ4n) is 2.50. The Morgan fingerprint density at radius 1 is 1.14 bits per heavy atom. The van der Waals surface area contributed by atoms with Gasteiger partial charge >= 0.3 is 5.97 Å². The minimum absolute atomic E-state index is 0.164. The van der Waals surface area contributed by atoms with Gasteiger partial charge in [-0.1, -0.05) is 6.07 Å². The van der Waals surface area contributed by atoms with Crippen LogP contribution in [0.3, 0.4) is 0 Å². The highest BCUT2D eigenvalue weighted by atomic mass is 32.1. The summed E-state index contributed by atoms with van der Waals surface area (Å²) in [5, 5.41) is 6.63. The number of hydrogen-bond acceptors (Lipinski definition) is 7. The van der Waals surface area contributed by atoms with Crippen LogP contribution >= 0.6 is 11.3 Å². The van der Waals surface area contributed by atoms with Gasteiger partial charge in [-0.3, -0.25) is 10.2 Å². The average molecular weight is 410 g/mol. The Hall–Kier alpha value is -3.19. The summed E-state index contributed by atoms with van der Waals surface area (Å²) in [6.07, 6.45) is 1.87. The van der Waals surface area contributed by atoms with Crippen LogP contribution in [0, 0.1) is 13.8 Å². The summed E-state index contributed by atoms with van der Waals surface area (Å²) in [5.41, 5.74) is 6.91. The number of hydrazone groups is 1. The first-order chi connectivity index (χ1) is 14.0. The lowest BCUT2D eigenvalue weighted by Gasteiger charge is -2.08. The highest BCUT2D eigenvalue weighted by Crippen LogP contribution is 2.23. The number of carbonyl (C=O) groups is 1. The number of esters is 1. The molecule has 29 heavy (non-hydrogen) atoms. The van der Waals surface area contributed by atoms with Crippen molar-refractivity contribution in [3.8, 4) is 11.5 Å². The molecule has 0 bridgehead atoms. The molecule has 7 heteroatoms. The SMILES string of the molecule is CCOC(=O)Cc1csc(NN=Cc2ccc(Oc3ccc(C)c(C)c3)cc2)n1. The number of aryl methyl sites for hydroxylation is 2. The van der Waals surface area contributed by atoms with E-state index in [2.05, 4.69) is 29.4 Å². The van der Waals surface area contributed by atoms with Crippen LogP contribution in [0.15, 0.2) is 52.9 Å². The summed E-state index contributed by atoms with van der Waals surface area (Å²) in [5.74, 6) is 1.30. The van der Waals surface area contributed by atoms with Crippen molar-refractivity contribution in [3.05, 3.63) is 70.2 Å². The molecule has 3 rings (SSSR count). The predicted octanol–water partition coefficient (Wildman–Crippen LogP) is 5.10. The van der Waals surface area contributed by atoms with Crippen molar-refractivity contribution in [1.29, 1.82) is 0 Å². The van der Waals surface area contributed by atoms with E-state index in [0.29, 0.717) is 17.4 Å². The normalized spacial score (nSPS) is 10.9. The first-order valence-corrected chi connectivity index (χ1v) is 10.2. The van der Waals surface area contributed by atoms with Crippen LogP contribution in [0.2, 0.25) is 0 Å². The molecule has 0 fully saturated rings. The number of nitrogens with one attached hydrogen (secondary N) is 1. The number of ether oxygens (including phenoxy) is 2. The number of hydrogen-bond donors (Lipinski definition) is 1. The molecule has 1 aromatic heterocycles. The van der Waals surface area contributed by atoms with E-state index in [-0.39, 0.29) is 12.4 Å². The molecular formula is C22H23N3O3S. The fraction of sp³-hybridized carbons (Fsp3) is 0.227. The van der Waals surface area contributed by atoms with Gasteiger partial charge < -0.3 is 9.47 Å². The highest BCUT2D eigenvalue weighted by Gasteiger charge is 2.07. The molecule has 0 saturated carbocycles. The van der Waals surface area contributed by atoms with Gasteiger partial charge in [0.15, 0.2) is 0 Å². The molecule has 1 N–H and O–H groups in total. The summed E-state index contributed by atoms with van der Waals surface area (Å²) >= 11 is 1.39. The zero-order valence-electron chi connectivity index (χ0n) is 16.6. The third-order valence-corrected chi connectivity index (χ3v) is 4.95. The van der Waals surface area contributed by atoms with Crippen molar-refractivity contribution in [1.82, 2.24) is 4.98 Å². The molecule has 6 nitrogen and oxygen atoms in total. The average Bonchev–Trinajstić information content (AvgIpc) is 3.13. The molecule has 0 amide bonds. The molecule has 1 heterocycles. The summed E-state index contributed by atoms with van der Waals surface area (Å²) in [6, 6.07) is 13.7. The van der Waals surface area contributed by atoms with E-state index in [9.17, 15) is 4.79 Å². The Labute approximate surface area is 174 Å². The number of aromatic nitrogens is 1. The Bertz CT molecular complexity index is 997. The maximum atomic E-state index is 11.5. The molecule has 0 saturated heterocycles. The molecule has 0 spiro atoms. The van der Waals surface area contributed by atoms with Crippen LogP contribution in [-0.2, 0) is 16.0 Å². The van der Waals surface area contributed by atoms with Gasteiger partial charge in [-0.2, -0.15) is 5.10 Å². The van der Waals surface area contributed by atoms with Crippen molar-refractivity contribution < 1.29 is 14.3 Å². The first-order valence-electron chi connectivity index (χ1n) is 9.27. The summed E-state index contributed by atoms with van der Waals surface area (Å²) in [7, 11) is 0. The lowest BCUT2D eigenvalue weighted by Crippen LogP contribution is -2.07.